The molecule has 17 heavy (non-hydrogen) atoms. The van der Waals surface area contributed by atoms with Gasteiger partial charge in [-0.3, -0.25) is 0 Å². The summed E-state index contributed by atoms with van der Waals surface area (Å²) in [7, 11) is 0. The van der Waals surface area contributed by atoms with Gasteiger partial charge in [0.1, 0.15) is 17.7 Å². The van der Waals surface area contributed by atoms with Crippen molar-refractivity contribution >= 4 is 15.9 Å². The van der Waals surface area contributed by atoms with Crippen LogP contribution in [0.2, 0.25) is 0 Å². The summed E-state index contributed by atoms with van der Waals surface area (Å²) in [6.07, 6.45) is 4.15. The van der Waals surface area contributed by atoms with Crippen LogP contribution in [0.5, 0.6) is 5.75 Å². The van der Waals surface area contributed by atoms with Crippen molar-refractivity contribution in [3.8, 4) is 5.75 Å². The molecule has 1 aliphatic rings. The van der Waals surface area contributed by atoms with E-state index in [-0.39, 0.29) is 11.9 Å². The Kier molecular flexibility index (Phi) is 4.40. The van der Waals surface area contributed by atoms with E-state index < -0.39 is 6.10 Å². The lowest BCUT2D eigenvalue weighted by atomic mass is 10.1. The maximum absolute atomic E-state index is 13.2. The fraction of sp³-hybridized carbons (Fsp3) is 0.538. The molecule has 0 heterocycles. The summed E-state index contributed by atoms with van der Waals surface area (Å²) in [6.45, 7) is 0. The van der Waals surface area contributed by atoms with E-state index in [4.69, 9.17) is 4.74 Å². The molecule has 1 saturated carbocycles. The number of hydrogen-bond acceptors (Lipinski definition) is 2. The highest BCUT2D eigenvalue weighted by atomic mass is 79.9. The van der Waals surface area contributed by atoms with Crippen LogP contribution in [0.25, 0.3) is 0 Å². The van der Waals surface area contributed by atoms with Crippen molar-refractivity contribution in [2.45, 2.75) is 44.3 Å². The molecule has 2 atom stereocenters. The zero-order valence-corrected chi connectivity index (χ0v) is 11.1. The number of aliphatic hydroxyl groups is 1. The van der Waals surface area contributed by atoms with Gasteiger partial charge in [-0.25, -0.2) is 4.39 Å². The SMILES string of the molecule is OC1CCCCCC1Oc1cc(F)cc(Br)c1. The monoisotopic (exact) mass is 302 g/mol. The Morgan fingerprint density at radius 2 is 1.94 bits per heavy atom. The standard InChI is InChI=1S/C13H16BrFO2/c14-9-6-10(15)8-11(7-9)17-13-5-3-1-2-4-12(13)16/h6-8,12-13,16H,1-5H2. The first-order valence-corrected chi connectivity index (χ1v) is 6.75. The molecular formula is C13H16BrFO2. The first-order valence-electron chi connectivity index (χ1n) is 5.96. The van der Waals surface area contributed by atoms with E-state index >= 15 is 0 Å². The molecular weight excluding hydrogens is 287 g/mol. The number of hydrogen-bond donors (Lipinski definition) is 1. The summed E-state index contributed by atoms with van der Waals surface area (Å²) in [6, 6.07) is 4.46. The average Bonchev–Trinajstić information content (AvgIpc) is 2.43. The van der Waals surface area contributed by atoms with Crippen molar-refractivity contribution in [1.82, 2.24) is 0 Å². The van der Waals surface area contributed by atoms with Gasteiger partial charge in [-0.2, -0.15) is 0 Å². The molecule has 1 aromatic carbocycles. The van der Waals surface area contributed by atoms with E-state index in [1.165, 1.54) is 12.1 Å². The Hall–Kier alpha value is -0.610. The Balaban J connectivity index is 2.07. The van der Waals surface area contributed by atoms with Gasteiger partial charge >= 0.3 is 0 Å². The van der Waals surface area contributed by atoms with E-state index in [0.717, 1.165) is 32.1 Å². The predicted octanol–water partition coefficient (Wildman–Crippen LogP) is 3.66. The summed E-state index contributed by atoms with van der Waals surface area (Å²) < 4.78 is 19.5. The number of halogens is 2. The zero-order valence-electron chi connectivity index (χ0n) is 9.53. The van der Waals surface area contributed by atoms with Crippen LogP contribution in [0.15, 0.2) is 22.7 Å². The lowest BCUT2D eigenvalue weighted by Crippen LogP contribution is -2.30. The largest absolute Gasteiger partial charge is 0.488 e. The number of rotatable bonds is 2. The third-order valence-electron chi connectivity index (χ3n) is 3.04. The lowest BCUT2D eigenvalue weighted by Gasteiger charge is -2.22. The summed E-state index contributed by atoms with van der Waals surface area (Å²) in [5, 5.41) is 9.92. The van der Waals surface area contributed by atoms with Crippen LogP contribution in [0.3, 0.4) is 0 Å². The molecule has 0 radical (unpaired) electrons. The maximum Gasteiger partial charge on any atom is 0.128 e. The minimum Gasteiger partial charge on any atom is -0.488 e. The quantitative estimate of drug-likeness (QED) is 0.845. The Bertz CT molecular complexity index is 363. The van der Waals surface area contributed by atoms with Gasteiger partial charge in [0.15, 0.2) is 0 Å². The van der Waals surface area contributed by atoms with E-state index in [9.17, 15) is 9.50 Å². The molecule has 0 amide bonds. The average molecular weight is 303 g/mol. The van der Waals surface area contributed by atoms with Gasteiger partial charge in [0.25, 0.3) is 0 Å². The predicted molar refractivity (Wildman–Crippen MR) is 67.6 cm³/mol. The second kappa shape index (κ2) is 5.83. The van der Waals surface area contributed by atoms with Gasteiger partial charge in [0.2, 0.25) is 0 Å². The van der Waals surface area contributed by atoms with Crippen molar-refractivity contribution in [1.29, 1.82) is 0 Å². The Morgan fingerprint density at radius 1 is 1.18 bits per heavy atom. The molecule has 1 aliphatic carbocycles. The summed E-state index contributed by atoms with van der Waals surface area (Å²) in [5.74, 6) is 0.139. The highest BCUT2D eigenvalue weighted by Gasteiger charge is 2.23. The molecule has 0 aromatic heterocycles. The fourth-order valence-corrected chi connectivity index (χ4v) is 2.61. The van der Waals surface area contributed by atoms with Gasteiger partial charge < -0.3 is 9.84 Å². The number of ether oxygens (including phenoxy) is 1. The van der Waals surface area contributed by atoms with Crippen LogP contribution in [0, 0.1) is 5.82 Å². The summed E-state index contributed by atoms with van der Waals surface area (Å²) >= 11 is 3.23. The molecule has 1 N–H and O–H groups in total. The molecule has 0 spiro atoms. The summed E-state index contributed by atoms with van der Waals surface area (Å²) in [4.78, 5) is 0. The van der Waals surface area contributed by atoms with Crippen LogP contribution < -0.4 is 4.74 Å². The second-order valence-electron chi connectivity index (χ2n) is 4.47. The first-order chi connectivity index (χ1) is 8.15. The second-order valence-corrected chi connectivity index (χ2v) is 5.38. The topological polar surface area (TPSA) is 29.5 Å². The molecule has 0 aliphatic heterocycles. The maximum atomic E-state index is 13.2. The molecule has 2 unspecified atom stereocenters. The Labute approximate surface area is 109 Å². The fourth-order valence-electron chi connectivity index (χ4n) is 2.16. The smallest absolute Gasteiger partial charge is 0.128 e. The van der Waals surface area contributed by atoms with Crippen molar-refractivity contribution < 1.29 is 14.2 Å². The van der Waals surface area contributed by atoms with Gasteiger partial charge in [0, 0.05) is 10.5 Å². The van der Waals surface area contributed by atoms with Crippen LogP contribution in [-0.4, -0.2) is 17.3 Å². The van der Waals surface area contributed by atoms with Gasteiger partial charge in [0.05, 0.1) is 6.10 Å². The third kappa shape index (κ3) is 3.68. The zero-order chi connectivity index (χ0) is 12.3. The van der Waals surface area contributed by atoms with E-state index in [1.807, 2.05) is 0 Å². The van der Waals surface area contributed by atoms with Crippen molar-refractivity contribution in [3.63, 3.8) is 0 Å². The van der Waals surface area contributed by atoms with E-state index in [2.05, 4.69) is 15.9 Å². The number of aliphatic hydroxyl groups excluding tert-OH is 1. The van der Waals surface area contributed by atoms with E-state index in [1.54, 1.807) is 6.07 Å². The molecule has 0 saturated heterocycles. The van der Waals surface area contributed by atoms with Crippen molar-refractivity contribution in [2.75, 3.05) is 0 Å². The van der Waals surface area contributed by atoms with Crippen molar-refractivity contribution in [2.24, 2.45) is 0 Å². The highest BCUT2D eigenvalue weighted by molar-refractivity contribution is 9.10. The highest BCUT2D eigenvalue weighted by Crippen LogP contribution is 2.26. The molecule has 1 fully saturated rings. The van der Waals surface area contributed by atoms with Gasteiger partial charge in [-0.1, -0.05) is 28.8 Å². The first kappa shape index (κ1) is 12.8. The summed E-state index contributed by atoms with van der Waals surface area (Å²) in [5.41, 5.74) is 0. The van der Waals surface area contributed by atoms with Crippen LogP contribution in [-0.2, 0) is 0 Å². The van der Waals surface area contributed by atoms with Crippen LogP contribution in [0.4, 0.5) is 4.39 Å². The molecule has 1 aromatic rings. The van der Waals surface area contributed by atoms with Gasteiger partial charge in [-0.05, 0) is 31.4 Å². The molecule has 0 bridgehead atoms. The minimum atomic E-state index is -0.445. The molecule has 2 nitrogen and oxygen atoms in total. The number of benzene rings is 1. The lowest BCUT2D eigenvalue weighted by molar-refractivity contribution is 0.0318. The molecule has 2 rings (SSSR count). The minimum absolute atomic E-state index is 0.216. The van der Waals surface area contributed by atoms with Gasteiger partial charge in [-0.15, -0.1) is 0 Å². The third-order valence-corrected chi connectivity index (χ3v) is 3.50. The molecule has 4 heteroatoms. The van der Waals surface area contributed by atoms with E-state index in [0.29, 0.717) is 10.2 Å². The normalized spacial score (nSPS) is 25.4. The van der Waals surface area contributed by atoms with Crippen LogP contribution in [0.1, 0.15) is 32.1 Å². The van der Waals surface area contributed by atoms with Crippen molar-refractivity contribution in [3.05, 3.63) is 28.5 Å². The molecule has 94 valence electrons. The Morgan fingerprint density at radius 3 is 2.71 bits per heavy atom. The van der Waals surface area contributed by atoms with Crippen LogP contribution >= 0.6 is 15.9 Å².